The first-order valence-electron chi connectivity index (χ1n) is 4.63. The van der Waals surface area contributed by atoms with E-state index in [2.05, 4.69) is 5.32 Å². The number of anilines is 1. The number of hydrogen-bond donors (Lipinski definition) is 1. The summed E-state index contributed by atoms with van der Waals surface area (Å²) in [6.07, 6.45) is 0.510. The fraction of sp³-hybridized carbons (Fsp3) is 0.273. The van der Waals surface area contributed by atoms with Crippen LogP contribution < -0.4 is 5.32 Å². The fourth-order valence-corrected chi connectivity index (χ4v) is 1.22. The van der Waals surface area contributed by atoms with Crippen molar-refractivity contribution in [3.63, 3.8) is 0 Å². The van der Waals surface area contributed by atoms with Crippen molar-refractivity contribution in [2.45, 2.75) is 13.3 Å². The summed E-state index contributed by atoms with van der Waals surface area (Å²) < 4.78 is 0. The topological polar surface area (TPSA) is 52.9 Å². The van der Waals surface area contributed by atoms with Crippen LogP contribution in [0.2, 0.25) is 5.02 Å². The van der Waals surface area contributed by atoms with Crippen LogP contribution in [0.1, 0.15) is 13.3 Å². The number of nitrogens with one attached hydrogen (secondary N) is 1. The monoisotopic (exact) mass is 222 g/mol. The molecule has 3 nitrogen and oxygen atoms in total. The van der Waals surface area contributed by atoms with Crippen LogP contribution in [-0.2, 0) is 4.79 Å². The molecule has 1 rings (SSSR count). The van der Waals surface area contributed by atoms with Crippen LogP contribution in [0.5, 0.6) is 0 Å². The van der Waals surface area contributed by atoms with Gasteiger partial charge in [0, 0.05) is 10.7 Å². The van der Waals surface area contributed by atoms with Crippen LogP contribution in [0.25, 0.3) is 0 Å². The number of nitriles is 1. The van der Waals surface area contributed by atoms with Gasteiger partial charge >= 0.3 is 0 Å². The van der Waals surface area contributed by atoms with Gasteiger partial charge in [-0.25, -0.2) is 0 Å². The second-order valence-electron chi connectivity index (χ2n) is 3.09. The van der Waals surface area contributed by atoms with Crippen molar-refractivity contribution in [2.24, 2.45) is 5.92 Å². The van der Waals surface area contributed by atoms with Crippen LogP contribution in [-0.4, -0.2) is 5.91 Å². The Bertz CT molecular complexity index is 381. The lowest BCUT2D eigenvalue weighted by molar-refractivity contribution is -0.118. The molecule has 0 saturated heterocycles. The fourth-order valence-electron chi connectivity index (χ4n) is 1.10. The van der Waals surface area contributed by atoms with Gasteiger partial charge in [0.05, 0.1) is 6.07 Å². The average molecular weight is 223 g/mol. The van der Waals surface area contributed by atoms with E-state index in [9.17, 15) is 4.79 Å². The number of hydrogen-bond acceptors (Lipinski definition) is 2. The third-order valence-corrected chi connectivity index (χ3v) is 2.24. The van der Waals surface area contributed by atoms with Gasteiger partial charge in [-0.3, -0.25) is 4.79 Å². The Morgan fingerprint density at radius 1 is 1.53 bits per heavy atom. The molecule has 1 N–H and O–H groups in total. The highest BCUT2D eigenvalue weighted by molar-refractivity contribution is 6.30. The maximum Gasteiger partial charge on any atom is 0.241 e. The van der Waals surface area contributed by atoms with Gasteiger partial charge in [-0.15, -0.1) is 0 Å². The summed E-state index contributed by atoms with van der Waals surface area (Å²) in [5.41, 5.74) is 0.651. The predicted octanol–water partition coefficient (Wildman–Crippen LogP) is 2.83. The molecule has 0 aliphatic carbocycles. The Hall–Kier alpha value is -1.53. The van der Waals surface area contributed by atoms with Gasteiger partial charge < -0.3 is 5.32 Å². The van der Waals surface area contributed by atoms with E-state index in [0.29, 0.717) is 17.1 Å². The molecule has 1 unspecified atom stereocenters. The summed E-state index contributed by atoms with van der Waals surface area (Å²) in [6.45, 7) is 1.80. The predicted molar refractivity (Wildman–Crippen MR) is 59.5 cm³/mol. The highest BCUT2D eigenvalue weighted by Gasteiger charge is 2.14. The molecule has 1 atom stereocenters. The van der Waals surface area contributed by atoms with Crippen LogP contribution in [0, 0.1) is 17.2 Å². The van der Waals surface area contributed by atoms with Gasteiger partial charge in [0.1, 0.15) is 5.92 Å². The minimum absolute atomic E-state index is 0.276. The number of benzene rings is 1. The number of nitrogens with zero attached hydrogens (tertiary/aromatic N) is 1. The van der Waals surface area contributed by atoms with E-state index < -0.39 is 5.92 Å². The van der Waals surface area contributed by atoms with Gasteiger partial charge in [0.25, 0.3) is 0 Å². The minimum atomic E-state index is -0.597. The summed E-state index contributed by atoms with van der Waals surface area (Å²) in [5.74, 6) is -0.872. The van der Waals surface area contributed by atoms with E-state index in [1.807, 2.05) is 6.07 Å². The summed E-state index contributed by atoms with van der Waals surface area (Å²) in [4.78, 5) is 11.5. The molecule has 0 fully saturated rings. The van der Waals surface area contributed by atoms with Gasteiger partial charge in [-0.1, -0.05) is 18.5 Å². The normalized spacial score (nSPS) is 11.5. The molecular weight excluding hydrogens is 212 g/mol. The van der Waals surface area contributed by atoms with Crippen LogP contribution >= 0.6 is 11.6 Å². The first kappa shape index (κ1) is 11.5. The molecular formula is C11H11ClN2O. The zero-order chi connectivity index (χ0) is 11.3. The van der Waals surface area contributed by atoms with E-state index in [4.69, 9.17) is 16.9 Å². The summed E-state index contributed by atoms with van der Waals surface area (Å²) in [6, 6.07) is 8.71. The lowest BCUT2D eigenvalue weighted by atomic mass is 10.1. The van der Waals surface area contributed by atoms with Crippen molar-refractivity contribution in [2.75, 3.05) is 5.32 Å². The lowest BCUT2D eigenvalue weighted by Gasteiger charge is -2.07. The van der Waals surface area contributed by atoms with Crippen molar-refractivity contribution in [1.29, 1.82) is 5.26 Å². The maximum atomic E-state index is 11.5. The Kier molecular flexibility index (Phi) is 4.14. The molecule has 1 aromatic carbocycles. The quantitative estimate of drug-likeness (QED) is 0.855. The van der Waals surface area contributed by atoms with Crippen molar-refractivity contribution in [3.8, 4) is 6.07 Å². The molecule has 0 aliphatic heterocycles. The molecule has 4 heteroatoms. The number of carbonyl (C=O) groups excluding carboxylic acids is 1. The van der Waals surface area contributed by atoms with E-state index in [1.54, 1.807) is 31.2 Å². The second-order valence-corrected chi connectivity index (χ2v) is 3.52. The van der Waals surface area contributed by atoms with Crippen molar-refractivity contribution < 1.29 is 4.79 Å². The second kappa shape index (κ2) is 5.38. The van der Waals surface area contributed by atoms with Gasteiger partial charge in [0.2, 0.25) is 5.91 Å². The SMILES string of the molecule is CCC(C#N)C(=O)Nc1ccc(Cl)cc1. The number of amides is 1. The molecule has 0 spiro atoms. The largest absolute Gasteiger partial charge is 0.325 e. The van der Waals surface area contributed by atoms with Crippen LogP contribution in [0.3, 0.4) is 0 Å². The summed E-state index contributed by atoms with van der Waals surface area (Å²) >= 11 is 5.70. The lowest BCUT2D eigenvalue weighted by Crippen LogP contribution is -2.20. The zero-order valence-electron chi connectivity index (χ0n) is 8.33. The highest BCUT2D eigenvalue weighted by atomic mass is 35.5. The van der Waals surface area contributed by atoms with E-state index >= 15 is 0 Å². The molecule has 0 saturated carbocycles. The molecule has 0 aromatic heterocycles. The zero-order valence-corrected chi connectivity index (χ0v) is 9.08. The Morgan fingerprint density at radius 2 is 2.13 bits per heavy atom. The Labute approximate surface area is 93.7 Å². The van der Waals surface area contributed by atoms with E-state index in [-0.39, 0.29) is 5.91 Å². The van der Waals surface area contributed by atoms with Crippen LogP contribution in [0.4, 0.5) is 5.69 Å². The molecule has 15 heavy (non-hydrogen) atoms. The smallest absolute Gasteiger partial charge is 0.241 e. The van der Waals surface area contributed by atoms with Crippen molar-refractivity contribution >= 4 is 23.2 Å². The molecule has 1 amide bonds. The average Bonchev–Trinajstić information content (AvgIpc) is 2.23. The number of carbonyl (C=O) groups is 1. The Morgan fingerprint density at radius 3 is 2.60 bits per heavy atom. The molecule has 0 radical (unpaired) electrons. The summed E-state index contributed by atoms with van der Waals surface area (Å²) in [5, 5.41) is 11.9. The Balaban J connectivity index is 2.67. The maximum absolute atomic E-state index is 11.5. The molecule has 1 aromatic rings. The molecule has 0 heterocycles. The number of halogens is 1. The van der Waals surface area contributed by atoms with Gasteiger partial charge in [-0.05, 0) is 30.7 Å². The van der Waals surface area contributed by atoms with E-state index in [0.717, 1.165) is 0 Å². The molecule has 0 aliphatic rings. The number of rotatable bonds is 3. The third-order valence-electron chi connectivity index (χ3n) is 1.99. The van der Waals surface area contributed by atoms with Gasteiger partial charge in [-0.2, -0.15) is 5.26 Å². The van der Waals surface area contributed by atoms with Crippen molar-refractivity contribution in [3.05, 3.63) is 29.3 Å². The van der Waals surface area contributed by atoms with E-state index in [1.165, 1.54) is 0 Å². The molecule has 0 bridgehead atoms. The minimum Gasteiger partial charge on any atom is -0.325 e. The first-order chi connectivity index (χ1) is 7.17. The highest BCUT2D eigenvalue weighted by Crippen LogP contribution is 2.14. The van der Waals surface area contributed by atoms with Crippen molar-refractivity contribution in [1.82, 2.24) is 0 Å². The standard InChI is InChI=1S/C11H11ClN2O/c1-2-8(7-13)11(15)14-10-5-3-9(12)4-6-10/h3-6,8H,2H2,1H3,(H,14,15). The third kappa shape index (κ3) is 3.26. The van der Waals surface area contributed by atoms with Crippen LogP contribution in [0.15, 0.2) is 24.3 Å². The first-order valence-corrected chi connectivity index (χ1v) is 5.01. The molecule has 78 valence electrons. The summed E-state index contributed by atoms with van der Waals surface area (Å²) in [7, 11) is 0. The van der Waals surface area contributed by atoms with Gasteiger partial charge in [0.15, 0.2) is 0 Å².